The first-order valence-electron chi connectivity index (χ1n) is 4.14. The molecule has 0 spiro atoms. The highest BCUT2D eigenvalue weighted by atomic mass is 32.1. The van der Waals surface area contributed by atoms with Crippen LogP contribution < -0.4 is 5.32 Å². The van der Waals surface area contributed by atoms with Gasteiger partial charge in [-0.3, -0.25) is 0 Å². The van der Waals surface area contributed by atoms with E-state index in [1.54, 1.807) is 0 Å². The second kappa shape index (κ2) is 16.1. The fourth-order valence-corrected chi connectivity index (χ4v) is 0.479. The molecule has 64 valence electrons. The summed E-state index contributed by atoms with van der Waals surface area (Å²) in [4.78, 5) is 0. The van der Waals surface area contributed by atoms with Crippen LogP contribution in [0.5, 0.6) is 0 Å². The van der Waals surface area contributed by atoms with Gasteiger partial charge in [0.1, 0.15) is 0 Å². The summed E-state index contributed by atoms with van der Waals surface area (Å²) in [6, 6.07) is 0. The van der Waals surface area contributed by atoms with E-state index in [4.69, 9.17) is 0 Å². The Kier molecular flexibility index (Phi) is 20.9. The topological polar surface area (TPSA) is 12.0 Å². The van der Waals surface area contributed by atoms with Gasteiger partial charge in [0.25, 0.3) is 0 Å². The van der Waals surface area contributed by atoms with Crippen molar-refractivity contribution in [2.75, 3.05) is 18.8 Å². The smallest absolute Gasteiger partial charge is 0.00516 e. The van der Waals surface area contributed by atoms with Crippen molar-refractivity contribution in [3.8, 4) is 0 Å². The second-order valence-electron chi connectivity index (χ2n) is 2.07. The van der Waals surface area contributed by atoms with Crippen LogP contribution in [0.1, 0.15) is 33.6 Å². The number of hydrogen-bond donors (Lipinski definition) is 2. The molecule has 0 saturated heterocycles. The lowest BCUT2D eigenvalue weighted by molar-refractivity contribution is 0.662. The van der Waals surface area contributed by atoms with Gasteiger partial charge in [0.15, 0.2) is 0 Å². The number of rotatable bonds is 4. The molecule has 1 N–H and O–H groups in total. The summed E-state index contributed by atoms with van der Waals surface area (Å²) < 4.78 is 0. The van der Waals surface area contributed by atoms with Gasteiger partial charge in [0.05, 0.1) is 0 Å². The zero-order valence-electron chi connectivity index (χ0n) is 7.48. The van der Waals surface area contributed by atoms with Crippen LogP contribution in [0.4, 0.5) is 0 Å². The summed E-state index contributed by atoms with van der Waals surface area (Å²) in [7, 11) is 0. The van der Waals surface area contributed by atoms with Crippen molar-refractivity contribution in [3.05, 3.63) is 0 Å². The van der Waals surface area contributed by atoms with Crippen LogP contribution in [0.25, 0.3) is 0 Å². The summed E-state index contributed by atoms with van der Waals surface area (Å²) in [5.74, 6) is 0.944. The molecule has 0 heterocycles. The highest BCUT2D eigenvalue weighted by Crippen LogP contribution is 1.71. The largest absolute Gasteiger partial charge is 0.317 e. The van der Waals surface area contributed by atoms with Gasteiger partial charge in [-0.1, -0.05) is 20.8 Å². The zero-order valence-corrected chi connectivity index (χ0v) is 8.38. The Bertz CT molecular complexity index is 36.2. The van der Waals surface area contributed by atoms with Crippen LogP contribution in [0.2, 0.25) is 0 Å². The summed E-state index contributed by atoms with van der Waals surface area (Å²) in [6.07, 6.45) is 2.50. The van der Waals surface area contributed by atoms with Crippen LogP contribution in [-0.4, -0.2) is 18.8 Å². The van der Waals surface area contributed by atoms with Gasteiger partial charge in [-0.05, 0) is 31.7 Å². The molecule has 0 fully saturated rings. The predicted octanol–water partition coefficient (Wildman–Crippen LogP) is 2.33. The molecule has 0 amide bonds. The minimum atomic E-state index is 0.944. The Hall–Kier alpha value is 0.310. The average Bonchev–Trinajstić information content (AvgIpc) is 1.91. The van der Waals surface area contributed by atoms with Crippen LogP contribution in [-0.2, 0) is 0 Å². The van der Waals surface area contributed by atoms with Crippen molar-refractivity contribution in [3.63, 3.8) is 0 Å². The molecule has 0 saturated carbocycles. The van der Waals surface area contributed by atoms with E-state index in [9.17, 15) is 0 Å². The van der Waals surface area contributed by atoms with Crippen molar-refractivity contribution in [2.45, 2.75) is 33.6 Å². The average molecular weight is 163 g/mol. The Morgan fingerprint density at radius 1 is 1.00 bits per heavy atom. The van der Waals surface area contributed by atoms with Crippen LogP contribution in [0, 0.1) is 0 Å². The fraction of sp³-hybridized carbons (Fsp3) is 1.00. The number of nitrogens with one attached hydrogen (secondary N) is 1. The van der Waals surface area contributed by atoms with Crippen LogP contribution >= 0.6 is 12.6 Å². The van der Waals surface area contributed by atoms with Crippen molar-refractivity contribution < 1.29 is 0 Å². The summed E-state index contributed by atoms with van der Waals surface area (Å²) >= 11 is 3.79. The van der Waals surface area contributed by atoms with E-state index in [1.807, 2.05) is 6.92 Å². The molecule has 0 rings (SSSR count). The molecule has 0 atom stereocenters. The lowest BCUT2D eigenvalue weighted by Crippen LogP contribution is -2.14. The highest BCUT2D eigenvalue weighted by Gasteiger charge is 1.76. The first-order chi connectivity index (χ1) is 4.83. The molecule has 0 bridgehead atoms. The quantitative estimate of drug-likeness (QED) is 0.479. The minimum Gasteiger partial charge on any atom is -0.317 e. The van der Waals surface area contributed by atoms with Gasteiger partial charge < -0.3 is 5.32 Å². The third-order valence-corrected chi connectivity index (χ3v) is 0.854. The van der Waals surface area contributed by atoms with E-state index in [-0.39, 0.29) is 0 Å². The standard InChI is InChI=1S/C6H15N.C2H6S/c1-3-5-7-6-4-2;1-2-3/h7H,3-6H2,1-2H3;3H,2H2,1H3. The normalized spacial score (nSPS) is 8.40. The number of thiol groups is 1. The fourth-order valence-electron chi connectivity index (χ4n) is 0.479. The Labute approximate surface area is 71.0 Å². The number of hydrogen-bond acceptors (Lipinski definition) is 2. The predicted molar refractivity (Wildman–Crippen MR) is 53.0 cm³/mol. The molecular weight excluding hydrogens is 142 g/mol. The van der Waals surface area contributed by atoms with Crippen LogP contribution in [0.15, 0.2) is 0 Å². The molecule has 0 aliphatic rings. The summed E-state index contributed by atoms with van der Waals surface area (Å²) in [5.41, 5.74) is 0. The van der Waals surface area contributed by atoms with Crippen molar-refractivity contribution in [1.29, 1.82) is 0 Å². The van der Waals surface area contributed by atoms with Gasteiger partial charge >= 0.3 is 0 Å². The SMILES string of the molecule is CCCNCCC.CCS. The third-order valence-electron chi connectivity index (χ3n) is 0.854. The van der Waals surface area contributed by atoms with Crippen molar-refractivity contribution in [2.24, 2.45) is 0 Å². The Morgan fingerprint density at radius 2 is 1.30 bits per heavy atom. The van der Waals surface area contributed by atoms with Gasteiger partial charge in [0, 0.05) is 0 Å². The molecule has 0 aromatic rings. The molecule has 10 heavy (non-hydrogen) atoms. The molecule has 0 aromatic heterocycles. The van der Waals surface area contributed by atoms with E-state index in [0.29, 0.717) is 0 Å². The van der Waals surface area contributed by atoms with Gasteiger partial charge in [0.2, 0.25) is 0 Å². The van der Waals surface area contributed by atoms with Crippen molar-refractivity contribution >= 4 is 12.6 Å². The van der Waals surface area contributed by atoms with Gasteiger partial charge in [-0.2, -0.15) is 12.6 Å². The lowest BCUT2D eigenvalue weighted by atomic mass is 10.4. The molecule has 0 radical (unpaired) electrons. The van der Waals surface area contributed by atoms with Gasteiger partial charge in [-0.15, -0.1) is 0 Å². The monoisotopic (exact) mass is 163 g/mol. The van der Waals surface area contributed by atoms with E-state index in [2.05, 4.69) is 31.8 Å². The molecule has 2 heteroatoms. The van der Waals surface area contributed by atoms with Crippen LogP contribution in [0.3, 0.4) is 0 Å². The highest BCUT2D eigenvalue weighted by molar-refractivity contribution is 7.80. The molecule has 0 aromatic carbocycles. The van der Waals surface area contributed by atoms with E-state index >= 15 is 0 Å². The first kappa shape index (κ1) is 12.9. The minimum absolute atomic E-state index is 0.944. The lowest BCUT2D eigenvalue weighted by Gasteiger charge is -1.95. The zero-order chi connectivity index (χ0) is 8.24. The maximum atomic E-state index is 3.79. The Balaban J connectivity index is 0. The molecule has 0 aliphatic carbocycles. The first-order valence-corrected chi connectivity index (χ1v) is 4.78. The van der Waals surface area contributed by atoms with E-state index in [0.717, 1.165) is 5.75 Å². The van der Waals surface area contributed by atoms with Gasteiger partial charge in [-0.25, -0.2) is 0 Å². The maximum Gasteiger partial charge on any atom is -0.00516 e. The molecule has 0 aliphatic heterocycles. The van der Waals surface area contributed by atoms with E-state index < -0.39 is 0 Å². The Morgan fingerprint density at radius 3 is 1.50 bits per heavy atom. The second-order valence-corrected chi connectivity index (χ2v) is 2.70. The van der Waals surface area contributed by atoms with E-state index in [1.165, 1.54) is 25.9 Å². The molecule has 1 nitrogen and oxygen atoms in total. The summed E-state index contributed by atoms with van der Waals surface area (Å²) in [5, 5.41) is 3.28. The summed E-state index contributed by atoms with van der Waals surface area (Å²) in [6.45, 7) is 8.70. The third kappa shape index (κ3) is 23.9. The van der Waals surface area contributed by atoms with Crippen molar-refractivity contribution in [1.82, 2.24) is 5.32 Å². The maximum absolute atomic E-state index is 3.79. The molecular formula is C8H21NS. The molecule has 0 unspecified atom stereocenters.